The maximum atomic E-state index is 5.44. The van der Waals surface area contributed by atoms with Crippen LogP contribution >= 0.6 is 0 Å². The van der Waals surface area contributed by atoms with Gasteiger partial charge in [0.15, 0.2) is 0 Å². The molecule has 6 heteroatoms. The molecule has 2 saturated heterocycles. The van der Waals surface area contributed by atoms with Crippen molar-refractivity contribution < 1.29 is 9.68 Å². The van der Waals surface area contributed by atoms with Crippen molar-refractivity contribution in [3.63, 3.8) is 0 Å². The Labute approximate surface area is 148 Å². The third-order valence-electron chi connectivity index (χ3n) is 4.18. The third-order valence-corrected chi connectivity index (χ3v) is 4.18. The average Bonchev–Trinajstić information content (AvgIpc) is 3.53. The molecule has 2 aliphatic rings. The first kappa shape index (κ1) is 16.4. The van der Waals surface area contributed by atoms with E-state index in [2.05, 4.69) is 59.2 Å². The lowest BCUT2D eigenvalue weighted by atomic mass is 10.0. The number of hydrogen-bond donors (Lipinski definition) is 2. The second-order valence-electron chi connectivity index (χ2n) is 6.33. The first-order chi connectivity index (χ1) is 12.3. The molecule has 2 fully saturated rings. The van der Waals surface area contributed by atoms with Crippen molar-refractivity contribution in [2.75, 3.05) is 50.3 Å². The number of nitrogens with one attached hydrogen (secondary N) is 2. The molecule has 25 heavy (non-hydrogen) atoms. The number of hydrogen-bond acceptors (Lipinski definition) is 6. The van der Waals surface area contributed by atoms with E-state index in [1.807, 2.05) is 10.1 Å². The van der Waals surface area contributed by atoms with E-state index in [9.17, 15) is 0 Å². The van der Waals surface area contributed by atoms with E-state index in [0.29, 0.717) is 13.5 Å². The van der Waals surface area contributed by atoms with E-state index in [4.69, 9.17) is 9.68 Å². The van der Waals surface area contributed by atoms with Gasteiger partial charge in [0, 0.05) is 37.6 Å². The fourth-order valence-electron chi connectivity index (χ4n) is 2.47. The molecule has 0 bridgehead atoms. The van der Waals surface area contributed by atoms with Gasteiger partial charge in [0.25, 0.3) is 0 Å². The predicted molar refractivity (Wildman–Crippen MR) is 98.0 cm³/mol. The van der Waals surface area contributed by atoms with Crippen molar-refractivity contribution in [1.29, 1.82) is 0 Å². The van der Waals surface area contributed by atoms with Gasteiger partial charge in [-0.05, 0) is 41.8 Å². The average molecular weight is 340 g/mol. The monoisotopic (exact) mass is 340 g/mol. The highest BCUT2D eigenvalue weighted by Crippen LogP contribution is 2.16. The summed E-state index contributed by atoms with van der Waals surface area (Å²) in [6, 6.07) is 17.0. The molecule has 4 rings (SSSR count). The summed E-state index contributed by atoms with van der Waals surface area (Å²) >= 11 is 0. The normalized spacial score (nSPS) is 16.6. The van der Waals surface area contributed by atoms with Crippen LogP contribution in [-0.2, 0) is 16.1 Å². The topological polar surface area (TPSA) is 48.5 Å². The summed E-state index contributed by atoms with van der Waals surface area (Å²) in [5, 5.41) is 10.4. The Balaban J connectivity index is 1.22. The van der Waals surface area contributed by atoms with Crippen molar-refractivity contribution in [2.24, 2.45) is 0 Å². The highest BCUT2D eigenvalue weighted by atomic mass is 16.7. The first-order valence-electron chi connectivity index (χ1n) is 8.76. The summed E-state index contributed by atoms with van der Waals surface area (Å²) in [6.45, 7) is 5.21. The van der Waals surface area contributed by atoms with Crippen molar-refractivity contribution in [3.8, 4) is 0 Å². The van der Waals surface area contributed by atoms with Crippen LogP contribution in [0.15, 0.2) is 48.5 Å². The molecule has 0 radical (unpaired) electrons. The van der Waals surface area contributed by atoms with Gasteiger partial charge in [-0.1, -0.05) is 24.3 Å². The molecular formula is C19H24N4O2. The third kappa shape index (κ3) is 5.44. The molecule has 2 heterocycles. The maximum absolute atomic E-state index is 5.44. The van der Waals surface area contributed by atoms with Gasteiger partial charge < -0.3 is 10.6 Å². The smallest absolute Gasteiger partial charge is 0.138 e. The second-order valence-corrected chi connectivity index (χ2v) is 6.33. The van der Waals surface area contributed by atoms with Gasteiger partial charge in [-0.2, -0.15) is 10.1 Å². The Morgan fingerprint density at radius 2 is 1.04 bits per heavy atom. The van der Waals surface area contributed by atoms with Crippen LogP contribution in [-0.4, -0.2) is 49.8 Å². The highest BCUT2D eigenvalue weighted by Gasteiger charge is 2.17. The Morgan fingerprint density at radius 3 is 1.40 bits per heavy atom. The molecular weight excluding hydrogens is 316 g/mol. The molecule has 0 amide bonds. The Morgan fingerprint density at radius 1 is 0.640 bits per heavy atom. The van der Waals surface area contributed by atoms with Gasteiger partial charge in [0.1, 0.15) is 13.5 Å². The van der Waals surface area contributed by atoms with Gasteiger partial charge in [0.05, 0.1) is 0 Å². The molecule has 0 unspecified atom stereocenters. The molecule has 2 N–H and O–H groups in total. The zero-order valence-corrected chi connectivity index (χ0v) is 14.3. The van der Waals surface area contributed by atoms with E-state index in [1.54, 1.807) is 0 Å². The molecule has 0 aromatic heterocycles. The first-order valence-corrected chi connectivity index (χ1v) is 8.76. The lowest BCUT2D eigenvalue weighted by Gasteiger charge is -2.09. The van der Waals surface area contributed by atoms with Crippen LogP contribution in [0.25, 0.3) is 0 Å². The van der Waals surface area contributed by atoms with Crippen LogP contribution in [0.4, 0.5) is 11.4 Å². The standard InChI is InChI=1S/C19H24N4O2/c1-5-18(20-14-24-22-9-10-22)6-2-16(1)13-17-3-7-19(8-4-17)21-15-25-23-11-12-23/h1-8,20-21H,9-15H2. The summed E-state index contributed by atoms with van der Waals surface area (Å²) in [4.78, 5) is 10.9. The van der Waals surface area contributed by atoms with Crippen molar-refractivity contribution >= 4 is 11.4 Å². The summed E-state index contributed by atoms with van der Waals surface area (Å²) < 4.78 is 0. The number of anilines is 2. The molecule has 6 nitrogen and oxygen atoms in total. The van der Waals surface area contributed by atoms with Crippen LogP contribution in [0, 0.1) is 0 Å². The quantitative estimate of drug-likeness (QED) is 0.512. The summed E-state index contributed by atoms with van der Waals surface area (Å²) in [7, 11) is 0. The maximum Gasteiger partial charge on any atom is 0.138 e. The van der Waals surface area contributed by atoms with Gasteiger partial charge in [0.2, 0.25) is 0 Å². The minimum absolute atomic E-state index is 0.523. The Bertz CT molecular complexity index is 607. The van der Waals surface area contributed by atoms with E-state index in [0.717, 1.165) is 44.0 Å². The predicted octanol–water partition coefficient (Wildman–Crippen LogP) is 2.51. The Kier molecular flexibility index (Phi) is 5.13. The molecule has 0 aliphatic carbocycles. The van der Waals surface area contributed by atoms with Gasteiger partial charge in [-0.3, -0.25) is 9.68 Å². The van der Waals surface area contributed by atoms with E-state index < -0.39 is 0 Å². The van der Waals surface area contributed by atoms with Crippen LogP contribution in [0.3, 0.4) is 0 Å². The van der Waals surface area contributed by atoms with Crippen molar-refractivity contribution in [3.05, 3.63) is 59.7 Å². The Hall–Kier alpha value is -2.12. The van der Waals surface area contributed by atoms with Crippen LogP contribution < -0.4 is 10.6 Å². The highest BCUT2D eigenvalue weighted by molar-refractivity contribution is 5.47. The number of benzene rings is 2. The zero-order chi connectivity index (χ0) is 16.9. The molecule has 0 spiro atoms. The SMILES string of the molecule is c1cc(NCON2CC2)ccc1Cc1ccc(NCON2CC2)cc1. The van der Waals surface area contributed by atoms with Crippen LogP contribution in [0.1, 0.15) is 11.1 Å². The fraction of sp³-hybridized carbons (Fsp3) is 0.368. The number of hydroxylamine groups is 4. The number of rotatable bonds is 10. The minimum Gasteiger partial charge on any atom is -0.361 e. The second kappa shape index (κ2) is 7.84. The lowest BCUT2D eigenvalue weighted by molar-refractivity contribution is -0.0538. The van der Waals surface area contributed by atoms with Crippen LogP contribution in [0.5, 0.6) is 0 Å². The summed E-state index contributed by atoms with van der Waals surface area (Å²) in [5.41, 5.74) is 4.75. The fourth-order valence-corrected chi connectivity index (χ4v) is 2.47. The molecule has 2 aromatic rings. The summed E-state index contributed by atoms with van der Waals surface area (Å²) in [5.74, 6) is 0. The zero-order valence-electron chi connectivity index (χ0n) is 14.3. The van der Waals surface area contributed by atoms with Gasteiger partial charge >= 0.3 is 0 Å². The van der Waals surface area contributed by atoms with Gasteiger partial charge in [-0.25, -0.2) is 0 Å². The molecule has 2 aromatic carbocycles. The molecule has 2 aliphatic heterocycles. The van der Waals surface area contributed by atoms with E-state index in [-0.39, 0.29) is 0 Å². The molecule has 0 saturated carbocycles. The lowest BCUT2D eigenvalue weighted by Crippen LogP contribution is -2.09. The summed E-state index contributed by atoms with van der Waals surface area (Å²) in [6.07, 6.45) is 0.926. The molecule has 132 valence electrons. The minimum atomic E-state index is 0.523. The van der Waals surface area contributed by atoms with E-state index >= 15 is 0 Å². The van der Waals surface area contributed by atoms with Gasteiger partial charge in [-0.15, -0.1) is 0 Å². The van der Waals surface area contributed by atoms with Crippen LogP contribution in [0.2, 0.25) is 0 Å². The number of nitrogens with zero attached hydrogens (tertiary/aromatic N) is 2. The van der Waals surface area contributed by atoms with E-state index in [1.165, 1.54) is 11.1 Å². The largest absolute Gasteiger partial charge is 0.361 e. The molecule has 0 atom stereocenters. The van der Waals surface area contributed by atoms with Crippen molar-refractivity contribution in [1.82, 2.24) is 10.1 Å². The van der Waals surface area contributed by atoms with Crippen molar-refractivity contribution in [2.45, 2.75) is 6.42 Å².